The Balaban J connectivity index is 2.30. The molecule has 14 heavy (non-hydrogen) atoms. The topological polar surface area (TPSA) is 6.48 Å². The van der Waals surface area contributed by atoms with Crippen molar-refractivity contribution in [3.63, 3.8) is 0 Å². The number of likely N-dealkylation sites (tertiary alicyclic amines) is 1. The zero-order chi connectivity index (χ0) is 10.4. The summed E-state index contributed by atoms with van der Waals surface area (Å²) >= 11 is 5.83. The summed E-state index contributed by atoms with van der Waals surface area (Å²) in [7, 11) is 4.28. The fourth-order valence-corrected chi connectivity index (χ4v) is 2.39. The molecular formula is C11H23ClN2. The minimum Gasteiger partial charge on any atom is -0.308 e. The van der Waals surface area contributed by atoms with Crippen LogP contribution in [0, 0.1) is 0 Å². The van der Waals surface area contributed by atoms with Crippen LogP contribution < -0.4 is 0 Å². The van der Waals surface area contributed by atoms with Gasteiger partial charge in [-0.05, 0) is 39.9 Å². The number of rotatable bonds is 5. The number of alkyl halides is 1. The quantitative estimate of drug-likeness (QED) is 0.652. The van der Waals surface area contributed by atoms with Crippen LogP contribution in [0.1, 0.15) is 25.7 Å². The van der Waals surface area contributed by atoms with Crippen molar-refractivity contribution >= 4 is 11.6 Å². The summed E-state index contributed by atoms with van der Waals surface area (Å²) in [6.07, 6.45) is 5.27. The molecule has 1 unspecified atom stereocenters. The van der Waals surface area contributed by atoms with Gasteiger partial charge in [0.05, 0.1) is 0 Å². The largest absolute Gasteiger partial charge is 0.308 e. The Hall–Kier alpha value is 0.210. The van der Waals surface area contributed by atoms with Gasteiger partial charge < -0.3 is 4.90 Å². The van der Waals surface area contributed by atoms with Gasteiger partial charge in [-0.25, -0.2) is 0 Å². The van der Waals surface area contributed by atoms with Gasteiger partial charge in [0.15, 0.2) is 0 Å². The number of hydrogen-bond donors (Lipinski definition) is 0. The molecule has 1 rings (SSSR count). The van der Waals surface area contributed by atoms with E-state index in [1.165, 1.54) is 38.9 Å². The van der Waals surface area contributed by atoms with Gasteiger partial charge in [-0.1, -0.05) is 6.42 Å². The normalized spacial score (nSPS) is 24.4. The Bertz CT molecular complexity index is 148. The molecule has 0 aromatic carbocycles. The second-order valence-electron chi connectivity index (χ2n) is 4.47. The van der Waals surface area contributed by atoms with Crippen LogP contribution in [-0.2, 0) is 0 Å². The first kappa shape index (κ1) is 12.3. The third kappa shape index (κ3) is 4.16. The molecule has 84 valence electrons. The fraction of sp³-hybridized carbons (Fsp3) is 1.00. The molecule has 1 saturated heterocycles. The van der Waals surface area contributed by atoms with E-state index in [9.17, 15) is 0 Å². The molecule has 2 nitrogen and oxygen atoms in total. The SMILES string of the molecule is CN(C)CCN1CCCCC1CCCl. The van der Waals surface area contributed by atoms with Gasteiger partial charge in [0.25, 0.3) is 0 Å². The van der Waals surface area contributed by atoms with Crippen LogP contribution >= 0.6 is 11.6 Å². The van der Waals surface area contributed by atoms with Gasteiger partial charge in [0, 0.05) is 25.0 Å². The van der Waals surface area contributed by atoms with Gasteiger partial charge in [-0.15, -0.1) is 11.6 Å². The highest BCUT2D eigenvalue weighted by Gasteiger charge is 2.21. The van der Waals surface area contributed by atoms with Crippen molar-refractivity contribution in [2.24, 2.45) is 0 Å². The highest BCUT2D eigenvalue weighted by atomic mass is 35.5. The minimum atomic E-state index is 0.751. The molecule has 1 fully saturated rings. The van der Waals surface area contributed by atoms with Crippen LogP contribution in [0.3, 0.4) is 0 Å². The van der Waals surface area contributed by atoms with Gasteiger partial charge in [-0.3, -0.25) is 4.90 Å². The minimum absolute atomic E-state index is 0.751. The zero-order valence-electron chi connectivity index (χ0n) is 9.51. The predicted octanol–water partition coefficient (Wildman–Crippen LogP) is 2.03. The standard InChI is InChI=1S/C11H23ClN2/c1-13(2)9-10-14-8-4-3-5-11(14)6-7-12/h11H,3-10H2,1-2H3. The molecule has 0 bridgehead atoms. The summed E-state index contributed by atoms with van der Waals surface area (Å²) in [4.78, 5) is 4.87. The first-order valence-corrected chi connectivity index (χ1v) is 6.22. The van der Waals surface area contributed by atoms with Crippen LogP contribution in [0.15, 0.2) is 0 Å². The molecule has 1 aliphatic rings. The van der Waals surface area contributed by atoms with E-state index in [0.717, 1.165) is 18.3 Å². The van der Waals surface area contributed by atoms with E-state index >= 15 is 0 Å². The third-order valence-electron chi connectivity index (χ3n) is 3.03. The van der Waals surface area contributed by atoms with Crippen molar-refractivity contribution in [3.05, 3.63) is 0 Å². The van der Waals surface area contributed by atoms with Crippen LogP contribution in [0.2, 0.25) is 0 Å². The van der Waals surface area contributed by atoms with Crippen LogP contribution in [0.4, 0.5) is 0 Å². The molecule has 0 aromatic heterocycles. The third-order valence-corrected chi connectivity index (χ3v) is 3.24. The lowest BCUT2D eigenvalue weighted by Crippen LogP contribution is -2.43. The number of nitrogens with zero attached hydrogens (tertiary/aromatic N) is 2. The van der Waals surface area contributed by atoms with E-state index in [1.807, 2.05) is 0 Å². The second-order valence-corrected chi connectivity index (χ2v) is 4.84. The van der Waals surface area contributed by atoms with Crippen molar-refractivity contribution in [2.75, 3.05) is 39.6 Å². The number of hydrogen-bond acceptors (Lipinski definition) is 2. The highest BCUT2D eigenvalue weighted by molar-refractivity contribution is 6.17. The predicted molar refractivity (Wildman–Crippen MR) is 63.1 cm³/mol. The molecule has 0 radical (unpaired) electrons. The molecule has 0 saturated carbocycles. The van der Waals surface area contributed by atoms with Crippen molar-refractivity contribution in [3.8, 4) is 0 Å². The lowest BCUT2D eigenvalue weighted by Gasteiger charge is -2.36. The molecule has 0 N–H and O–H groups in total. The second kappa shape index (κ2) is 6.65. The van der Waals surface area contributed by atoms with E-state index in [-0.39, 0.29) is 0 Å². The molecule has 0 aliphatic carbocycles. The summed E-state index contributed by atoms with van der Waals surface area (Å²) in [5.41, 5.74) is 0. The van der Waals surface area contributed by atoms with Crippen molar-refractivity contribution in [2.45, 2.75) is 31.7 Å². The molecule has 1 atom stereocenters. The van der Waals surface area contributed by atoms with Gasteiger partial charge >= 0.3 is 0 Å². The Labute approximate surface area is 93.2 Å². The summed E-state index contributed by atoms with van der Waals surface area (Å²) in [6.45, 7) is 3.64. The molecule has 0 spiro atoms. The smallest absolute Gasteiger partial charge is 0.0238 e. The Kier molecular flexibility index (Phi) is 5.83. The molecular weight excluding hydrogens is 196 g/mol. The van der Waals surface area contributed by atoms with Crippen LogP contribution in [0.5, 0.6) is 0 Å². The molecule has 3 heteroatoms. The zero-order valence-corrected chi connectivity index (χ0v) is 10.3. The summed E-state index contributed by atoms with van der Waals surface area (Å²) < 4.78 is 0. The van der Waals surface area contributed by atoms with Crippen molar-refractivity contribution in [1.82, 2.24) is 9.80 Å². The van der Waals surface area contributed by atoms with Gasteiger partial charge in [0.2, 0.25) is 0 Å². The highest BCUT2D eigenvalue weighted by Crippen LogP contribution is 2.19. The Morgan fingerprint density at radius 1 is 1.36 bits per heavy atom. The number of halogens is 1. The van der Waals surface area contributed by atoms with Crippen molar-refractivity contribution < 1.29 is 0 Å². The lowest BCUT2D eigenvalue weighted by atomic mass is 10.00. The summed E-state index contributed by atoms with van der Waals surface area (Å²) in [5.74, 6) is 0.809. The Morgan fingerprint density at radius 3 is 2.79 bits per heavy atom. The van der Waals surface area contributed by atoms with Crippen LogP contribution in [-0.4, -0.2) is 55.5 Å². The van der Waals surface area contributed by atoms with Gasteiger partial charge in [-0.2, -0.15) is 0 Å². The lowest BCUT2D eigenvalue weighted by molar-refractivity contribution is 0.133. The average Bonchev–Trinajstić information content (AvgIpc) is 2.17. The maximum Gasteiger partial charge on any atom is 0.0238 e. The number of piperidine rings is 1. The Morgan fingerprint density at radius 2 is 2.14 bits per heavy atom. The maximum atomic E-state index is 5.83. The van der Waals surface area contributed by atoms with E-state index in [1.54, 1.807) is 0 Å². The van der Waals surface area contributed by atoms with E-state index < -0.39 is 0 Å². The average molecular weight is 219 g/mol. The van der Waals surface area contributed by atoms with Gasteiger partial charge in [0.1, 0.15) is 0 Å². The van der Waals surface area contributed by atoms with E-state index in [2.05, 4.69) is 23.9 Å². The van der Waals surface area contributed by atoms with Crippen molar-refractivity contribution in [1.29, 1.82) is 0 Å². The fourth-order valence-electron chi connectivity index (χ4n) is 2.14. The summed E-state index contributed by atoms with van der Waals surface area (Å²) in [5, 5.41) is 0. The molecule has 1 aliphatic heterocycles. The molecule has 0 amide bonds. The first-order valence-electron chi connectivity index (χ1n) is 5.69. The molecule has 1 heterocycles. The first-order chi connectivity index (χ1) is 6.74. The molecule has 0 aromatic rings. The van der Waals surface area contributed by atoms with Crippen LogP contribution in [0.25, 0.3) is 0 Å². The summed E-state index contributed by atoms with van der Waals surface area (Å²) in [6, 6.07) is 0.751. The monoisotopic (exact) mass is 218 g/mol. The van der Waals surface area contributed by atoms with E-state index in [4.69, 9.17) is 11.6 Å². The van der Waals surface area contributed by atoms with E-state index in [0.29, 0.717) is 0 Å². The number of likely N-dealkylation sites (N-methyl/N-ethyl adjacent to an activating group) is 1. The maximum absolute atomic E-state index is 5.83.